The number of nitrogens with two attached hydrogens (primary N) is 1. The number of para-hydroxylation sites is 1. The maximum atomic E-state index is 11.5. The average molecular weight is 262 g/mol. The van der Waals surface area contributed by atoms with E-state index in [1.807, 2.05) is 29.7 Å². The van der Waals surface area contributed by atoms with Crippen LogP contribution in [0.15, 0.2) is 30.5 Å². The molecule has 0 radical (unpaired) electrons. The Kier molecular flexibility index (Phi) is 3.67. The lowest BCUT2D eigenvalue weighted by molar-refractivity contribution is -0.123. The van der Waals surface area contributed by atoms with Crippen LogP contribution in [0.2, 0.25) is 0 Å². The van der Waals surface area contributed by atoms with Crippen molar-refractivity contribution in [2.75, 3.05) is 0 Å². The van der Waals surface area contributed by atoms with E-state index in [0.717, 1.165) is 16.5 Å². The van der Waals surface area contributed by atoms with Gasteiger partial charge in [0.25, 0.3) is 5.91 Å². The number of aromatic nitrogens is 1. The Balaban J connectivity index is 2.25. The van der Waals surface area contributed by atoms with E-state index in [4.69, 9.17) is 10.9 Å². The fraction of sp³-hybridized carbons (Fsp3) is 0.167. The van der Waals surface area contributed by atoms with Crippen LogP contribution in [0.1, 0.15) is 5.56 Å². The summed E-state index contributed by atoms with van der Waals surface area (Å²) in [4.78, 5) is 25.3. The van der Waals surface area contributed by atoms with Crippen molar-refractivity contribution in [3.8, 4) is 0 Å². The molecule has 0 fully saturated rings. The van der Waals surface area contributed by atoms with E-state index in [2.05, 4.69) is 10.3 Å². The van der Waals surface area contributed by atoms with E-state index in [-0.39, 0.29) is 6.42 Å². The quantitative estimate of drug-likeness (QED) is 0.310. The van der Waals surface area contributed by atoms with Crippen LogP contribution in [0, 0.1) is 0 Å². The normalized spacial score (nSPS) is 12.1. The van der Waals surface area contributed by atoms with Gasteiger partial charge in [-0.1, -0.05) is 18.2 Å². The highest BCUT2D eigenvalue weighted by Crippen LogP contribution is 2.19. The third kappa shape index (κ3) is 2.83. The highest BCUT2D eigenvalue weighted by atomic mass is 16.4. The molecule has 0 saturated heterocycles. The molecule has 1 heterocycles. The molecule has 1 aromatic heterocycles. The van der Waals surface area contributed by atoms with Crippen molar-refractivity contribution < 1.29 is 14.7 Å². The minimum atomic E-state index is -1.27. The Morgan fingerprint density at radius 3 is 2.79 bits per heavy atom. The molecule has 1 atom stereocenters. The van der Waals surface area contributed by atoms with E-state index < -0.39 is 18.0 Å². The molecule has 2 amide bonds. The number of aromatic amines is 1. The second-order valence-corrected chi connectivity index (χ2v) is 4.07. The Labute approximate surface area is 108 Å². The summed E-state index contributed by atoms with van der Waals surface area (Å²) in [6, 6.07) is 6.65. The van der Waals surface area contributed by atoms with Crippen LogP contribution in [-0.2, 0) is 11.2 Å². The molecule has 2 rings (SSSR count). The highest BCUT2D eigenvalue weighted by molar-refractivity contribution is 5.87. The summed E-state index contributed by atoms with van der Waals surface area (Å²) in [7, 11) is 0. The number of H-pyrrole nitrogens is 1. The van der Waals surface area contributed by atoms with Gasteiger partial charge in [0, 0.05) is 23.5 Å². The zero-order valence-electron chi connectivity index (χ0n) is 10.0. The number of hydrogen-bond donors (Lipinski definition) is 5. The molecule has 0 aliphatic heterocycles. The lowest BCUT2D eigenvalue weighted by atomic mass is 10.0. The van der Waals surface area contributed by atoms with Crippen LogP contribution in [-0.4, -0.2) is 28.1 Å². The van der Waals surface area contributed by atoms with Gasteiger partial charge in [0.05, 0.1) is 0 Å². The predicted octanol–water partition coefficient (Wildman–Crippen LogP) is 0.337. The fourth-order valence-corrected chi connectivity index (χ4v) is 1.98. The fourth-order valence-electron chi connectivity index (χ4n) is 1.98. The van der Waals surface area contributed by atoms with Crippen LogP contribution >= 0.6 is 0 Å². The second kappa shape index (κ2) is 5.40. The van der Waals surface area contributed by atoms with Gasteiger partial charge in [-0.3, -0.25) is 10.2 Å². The Hall–Kier alpha value is -2.54. The number of carbonyl (C=O) groups excluding carboxylic acids is 1. The summed E-state index contributed by atoms with van der Waals surface area (Å²) in [5, 5.41) is 11.8. The van der Waals surface area contributed by atoms with Gasteiger partial charge in [-0.2, -0.15) is 0 Å². The Morgan fingerprint density at radius 1 is 1.37 bits per heavy atom. The molecule has 19 heavy (non-hydrogen) atoms. The summed E-state index contributed by atoms with van der Waals surface area (Å²) in [5.41, 5.74) is 3.73. The SMILES string of the molecule is NNC(=O)[C@H](Cc1c[nH]c2ccccc12)NC(=O)O. The maximum Gasteiger partial charge on any atom is 0.405 e. The molecule has 0 aliphatic carbocycles. The summed E-state index contributed by atoms with van der Waals surface area (Å²) in [6.45, 7) is 0. The van der Waals surface area contributed by atoms with E-state index in [1.165, 1.54) is 0 Å². The molecule has 100 valence electrons. The molecule has 7 heteroatoms. The third-order valence-electron chi connectivity index (χ3n) is 2.86. The average Bonchev–Trinajstić information content (AvgIpc) is 2.80. The Bertz CT molecular complexity index is 608. The molecule has 1 aromatic carbocycles. The van der Waals surface area contributed by atoms with Gasteiger partial charge in [0.2, 0.25) is 0 Å². The van der Waals surface area contributed by atoms with Crippen LogP contribution in [0.4, 0.5) is 4.79 Å². The number of hydrogen-bond acceptors (Lipinski definition) is 3. The maximum absolute atomic E-state index is 11.5. The van der Waals surface area contributed by atoms with Crippen molar-refractivity contribution in [1.82, 2.24) is 15.7 Å². The summed E-state index contributed by atoms with van der Waals surface area (Å²) >= 11 is 0. The number of nitrogens with one attached hydrogen (secondary N) is 3. The lowest BCUT2D eigenvalue weighted by Gasteiger charge is -2.14. The number of benzene rings is 1. The van der Waals surface area contributed by atoms with Gasteiger partial charge < -0.3 is 15.4 Å². The predicted molar refractivity (Wildman–Crippen MR) is 69.3 cm³/mol. The summed E-state index contributed by atoms with van der Waals surface area (Å²) in [5.74, 6) is 4.47. The number of carbonyl (C=O) groups is 2. The first kappa shape index (κ1) is 12.9. The molecule has 0 saturated carbocycles. The second-order valence-electron chi connectivity index (χ2n) is 4.07. The van der Waals surface area contributed by atoms with Gasteiger partial charge in [-0.15, -0.1) is 0 Å². The summed E-state index contributed by atoms with van der Waals surface area (Å²) < 4.78 is 0. The first-order valence-electron chi connectivity index (χ1n) is 5.66. The molecule has 0 spiro atoms. The molecule has 0 unspecified atom stereocenters. The van der Waals surface area contributed by atoms with Gasteiger partial charge in [0.15, 0.2) is 0 Å². The van der Waals surface area contributed by atoms with Crippen molar-refractivity contribution in [3.05, 3.63) is 36.0 Å². The van der Waals surface area contributed by atoms with E-state index in [9.17, 15) is 9.59 Å². The summed E-state index contributed by atoms with van der Waals surface area (Å²) in [6.07, 6.45) is 0.707. The molecule has 0 bridgehead atoms. The molecule has 0 aliphatic rings. The number of rotatable bonds is 4. The van der Waals surface area contributed by atoms with Crippen molar-refractivity contribution in [2.24, 2.45) is 5.84 Å². The van der Waals surface area contributed by atoms with Crippen molar-refractivity contribution in [2.45, 2.75) is 12.5 Å². The van der Waals surface area contributed by atoms with Crippen molar-refractivity contribution in [3.63, 3.8) is 0 Å². The standard InChI is InChI=1S/C12H14N4O3/c13-16-11(17)10(15-12(18)19)5-7-6-14-9-4-2-1-3-8(7)9/h1-4,6,10,14-15H,5,13H2,(H,16,17)(H,18,19)/t10-/m0/s1. The molecule has 2 aromatic rings. The molecular weight excluding hydrogens is 248 g/mol. The van der Waals surface area contributed by atoms with Gasteiger partial charge in [0.1, 0.15) is 6.04 Å². The van der Waals surface area contributed by atoms with Crippen LogP contribution < -0.4 is 16.6 Å². The monoisotopic (exact) mass is 262 g/mol. The number of hydrazine groups is 1. The minimum Gasteiger partial charge on any atom is -0.465 e. The van der Waals surface area contributed by atoms with Crippen LogP contribution in [0.5, 0.6) is 0 Å². The number of carboxylic acid groups (broad SMARTS) is 1. The van der Waals surface area contributed by atoms with Gasteiger partial charge in [-0.25, -0.2) is 10.6 Å². The lowest BCUT2D eigenvalue weighted by Crippen LogP contribution is -2.49. The first-order chi connectivity index (χ1) is 9.11. The molecular formula is C12H14N4O3. The molecule has 6 N–H and O–H groups in total. The Morgan fingerprint density at radius 2 is 2.11 bits per heavy atom. The third-order valence-corrected chi connectivity index (χ3v) is 2.86. The van der Waals surface area contributed by atoms with E-state index >= 15 is 0 Å². The van der Waals surface area contributed by atoms with E-state index in [0.29, 0.717) is 0 Å². The zero-order chi connectivity index (χ0) is 13.8. The van der Waals surface area contributed by atoms with Gasteiger partial charge >= 0.3 is 6.09 Å². The first-order valence-corrected chi connectivity index (χ1v) is 5.66. The minimum absolute atomic E-state index is 0.222. The van der Waals surface area contributed by atoms with Crippen LogP contribution in [0.25, 0.3) is 10.9 Å². The zero-order valence-corrected chi connectivity index (χ0v) is 10.0. The molecule has 7 nitrogen and oxygen atoms in total. The number of amides is 2. The smallest absolute Gasteiger partial charge is 0.405 e. The highest BCUT2D eigenvalue weighted by Gasteiger charge is 2.21. The van der Waals surface area contributed by atoms with Crippen LogP contribution in [0.3, 0.4) is 0 Å². The van der Waals surface area contributed by atoms with E-state index in [1.54, 1.807) is 6.20 Å². The van der Waals surface area contributed by atoms with Crippen molar-refractivity contribution in [1.29, 1.82) is 0 Å². The van der Waals surface area contributed by atoms with Gasteiger partial charge in [-0.05, 0) is 11.6 Å². The number of fused-ring (bicyclic) bond motifs is 1. The largest absolute Gasteiger partial charge is 0.465 e. The van der Waals surface area contributed by atoms with Crippen molar-refractivity contribution >= 4 is 22.9 Å². The topological polar surface area (TPSA) is 120 Å².